The van der Waals surface area contributed by atoms with E-state index < -0.39 is 0 Å². The third-order valence-electron chi connectivity index (χ3n) is 6.07. The van der Waals surface area contributed by atoms with Crippen LogP contribution in [-0.4, -0.2) is 52.8 Å². The summed E-state index contributed by atoms with van der Waals surface area (Å²) < 4.78 is 12.9. The molecule has 2 aromatic heterocycles. The highest BCUT2D eigenvalue weighted by molar-refractivity contribution is 6.08. The first-order valence-electron chi connectivity index (χ1n) is 11.3. The molecule has 0 aliphatic carbocycles. The van der Waals surface area contributed by atoms with E-state index in [1.54, 1.807) is 54.5 Å². The van der Waals surface area contributed by atoms with Gasteiger partial charge in [0.15, 0.2) is 5.69 Å². The molecule has 1 atom stereocenters. The van der Waals surface area contributed by atoms with Crippen molar-refractivity contribution in [1.29, 1.82) is 0 Å². The minimum absolute atomic E-state index is 0.131. The van der Waals surface area contributed by atoms with Gasteiger partial charge in [0.1, 0.15) is 5.58 Å². The third-order valence-corrected chi connectivity index (χ3v) is 6.07. The summed E-state index contributed by atoms with van der Waals surface area (Å²) in [5, 5.41) is 8.07. The van der Waals surface area contributed by atoms with Gasteiger partial charge in [0.2, 0.25) is 0 Å². The maximum atomic E-state index is 13.5. The van der Waals surface area contributed by atoms with Crippen molar-refractivity contribution < 1.29 is 18.7 Å². The SMILES string of the molecule is Cn1ccc(C(=O)Nc2ccccc2C(=O)N2CCOC[C@@H](Cc3cccc4occc34)C2)n1. The molecule has 1 fully saturated rings. The number of rotatable bonds is 5. The molecule has 4 aromatic rings. The van der Waals surface area contributed by atoms with Gasteiger partial charge in [-0.15, -0.1) is 0 Å². The molecule has 5 rings (SSSR count). The Morgan fingerprint density at radius 2 is 2.00 bits per heavy atom. The zero-order chi connectivity index (χ0) is 23.5. The number of anilines is 1. The molecule has 1 aliphatic rings. The second kappa shape index (κ2) is 9.52. The number of nitrogens with one attached hydrogen (secondary N) is 1. The average molecular weight is 459 g/mol. The van der Waals surface area contributed by atoms with E-state index in [4.69, 9.17) is 9.15 Å². The van der Waals surface area contributed by atoms with Crippen LogP contribution in [0.1, 0.15) is 26.4 Å². The number of carbonyl (C=O) groups excluding carboxylic acids is 2. The van der Waals surface area contributed by atoms with Crippen LogP contribution in [0.3, 0.4) is 0 Å². The van der Waals surface area contributed by atoms with Crippen LogP contribution in [0.25, 0.3) is 11.0 Å². The van der Waals surface area contributed by atoms with Crippen LogP contribution < -0.4 is 5.32 Å². The van der Waals surface area contributed by atoms with Gasteiger partial charge in [-0.05, 0) is 42.3 Å². The summed E-state index contributed by atoms with van der Waals surface area (Å²) >= 11 is 0. The van der Waals surface area contributed by atoms with E-state index in [9.17, 15) is 9.59 Å². The number of ether oxygens (including phenoxy) is 1. The van der Waals surface area contributed by atoms with Crippen molar-refractivity contribution >= 4 is 28.5 Å². The second-order valence-electron chi connectivity index (χ2n) is 8.52. The largest absolute Gasteiger partial charge is 0.464 e. The van der Waals surface area contributed by atoms with Gasteiger partial charge in [-0.2, -0.15) is 5.10 Å². The third kappa shape index (κ3) is 4.58. The number of benzene rings is 2. The highest BCUT2D eigenvalue weighted by atomic mass is 16.5. The second-order valence-corrected chi connectivity index (χ2v) is 8.52. The van der Waals surface area contributed by atoms with Crippen LogP contribution in [-0.2, 0) is 18.2 Å². The van der Waals surface area contributed by atoms with E-state index >= 15 is 0 Å². The van der Waals surface area contributed by atoms with Crippen LogP contribution in [0.15, 0.2) is 71.5 Å². The summed E-state index contributed by atoms with van der Waals surface area (Å²) in [5.41, 5.74) is 3.24. The number of carbonyl (C=O) groups is 2. The molecule has 3 heterocycles. The Morgan fingerprint density at radius 1 is 1.12 bits per heavy atom. The van der Waals surface area contributed by atoms with E-state index in [1.807, 2.05) is 23.1 Å². The van der Waals surface area contributed by atoms with Crippen molar-refractivity contribution in [2.24, 2.45) is 13.0 Å². The molecule has 0 radical (unpaired) electrons. The predicted molar refractivity (Wildman–Crippen MR) is 128 cm³/mol. The first kappa shape index (κ1) is 21.9. The fraction of sp³-hybridized carbons (Fsp3) is 0.269. The minimum atomic E-state index is -0.355. The van der Waals surface area contributed by atoms with Gasteiger partial charge in [0, 0.05) is 37.6 Å². The van der Waals surface area contributed by atoms with E-state index in [-0.39, 0.29) is 17.7 Å². The predicted octanol–water partition coefficient (Wildman–Crippen LogP) is 3.75. The first-order valence-corrected chi connectivity index (χ1v) is 11.3. The lowest BCUT2D eigenvalue weighted by Gasteiger charge is -2.25. The maximum absolute atomic E-state index is 13.5. The summed E-state index contributed by atoms with van der Waals surface area (Å²) in [6, 6.07) is 16.7. The Hall–Kier alpha value is -3.91. The Bertz CT molecular complexity index is 1330. The molecule has 8 heteroatoms. The molecule has 174 valence electrons. The number of amides is 2. The van der Waals surface area contributed by atoms with Crippen LogP contribution in [0.4, 0.5) is 5.69 Å². The summed E-state index contributed by atoms with van der Waals surface area (Å²) in [5.74, 6) is -0.345. The zero-order valence-electron chi connectivity index (χ0n) is 18.9. The lowest BCUT2D eigenvalue weighted by molar-refractivity contribution is 0.0738. The van der Waals surface area contributed by atoms with Gasteiger partial charge in [0.25, 0.3) is 11.8 Å². The molecule has 1 N–H and O–H groups in total. The molecular formula is C26H26N4O4. The number of furan rings is 1. The highest BCUT2D eigenvalue weighted by Gasteiger charge is 2.26. The lowest BCUT2D eigenvalue weighted by Crippen LogP contribution is -2.37. The maximum Gasteiger partial charge on any atom is 0.276 e. The number of para-hydroxylation sites is 1. The number of hydrogen-bond acceptors (Lipinski definition) is 5. The number of fused-ring (bicyclic) bond motifs is 1. The topological polar surface area (TPSA) is 89.6 Å². The van der Waals surface area contributed by atoms with Crippen molar-refractivity contribution in [3.63, 3.8) is 0 Å². The standard InChI is InChI=1S/C26H26N4O4/c1-29-11-9-23(28-29)25(31)27-22-7-3-2-6-21(22)26(32)30-12-14-33-17-18(16-30)15-19-5-4-8-24-20(19)10-13-34-24/h2-11,13,18H,12,14-17H2,1H3,(H,27,31)/t18-/m0/s1. The molecule has 1 saturated heterocycles. The Morgan fingerprint density at radius 3 is 2.85 bits per heavy atom. The van der Waals surface area contributed by atoms with Crippen molar-refractivity contribution in [3.8, 4) is 0 Å². The van der Waals surface area contributed by atoms with Gasteiger partial charge < -0.3 is 19.4 Å². The molecule has 0 unspecified atom stereocenters. The number of aromatic nitrogens is 2. The van der Waals surface area contributed by atoms with E-state index in [2.05, 4.69) is 16.5 Å². The Labute approximate surface area is 197 Å². The molecule has 2 aromatic carbocycles. The highest BCUT2D eigenvalue weighted by Crippen LogP contribution is 2.25. The van der Waals surface area contributed by atoms with Crippen molar-refractivity contribution in [2.45, 2.75) is 6.42 Å². The van der Waals surface area contributed by atoms with Crippen LogP contribution >= 0.6 is 0 Å². The van der Waals surface area contributed by atoms with E-state index in [1.165, 1.54) is 5.56 Å². The number of hydrogen-bond donors (Lipinski definition) is 1. The normalized spacial score (nSPS) is 16.4. The first-order chi connectivity index (χ1) is 16.6. The Kier molecular flexibility index (Phi) is 6.14. The molecule has 0 spiro atoms. The molecule has 2 amide bonds. The van der Waals surface area contributed by atoms with Crippen molar-refractivity contribution in [2.75, 3.05) is 31.6 Å². The van der Waals surface area contributed by atoms with Gasteiger partial charge in [-0.25, -0.2) is 0 Å². The molecule has 1 aliphatic heterocycles. The molecular weight excluding hydrogens is 432 g/mol. The monoisotopic (exact) mass is 458 g/mol. The van der Waals surface area contributed by atoms with Gasteiger partial charge >= 0.3 is 0 Å². The van der Waals surface area contributed by atoms with E-state index in [0.29, 0.717) is 43.2 Å². The molecule has 8 nitrogen and oxygen atoms in total. The fourth-order valence-corrected chi connectivity index (χ4v) is 4.41. The summed E-state index contributed by atoms with van der Waals surface area (Å²) in [6.07, 6.45) is 4.18. The quantitative estimate of drug-likeness (QED) is 0.492. The number of nitrogens with zero attached hydrogens (tertiary/aromatic N) is 3. The smallest absolute Gasteiger partial charge is 0.276 e. The fourth-order valence-electron chi connectivity index (χ4n) is 4.41. The molecule has 0 saturated carbocycles. The van der Waals surface area contributed by atoms with Gasteiger partial charge in [0.05, 0.1) is 30.7 Å². The minimum Gasteiger partial charge on any atom is -0.464 e. The van der Waals surface area contributed by atoms with Crippen LogP contribution in [0, 0.1) is 5.92 Å². The molecule has 34 heavy (non-hydrogen) atoms. The van der Waals surface area contributed by atoms with Crippen molar-refractivity contribution in [1.82, 2.24) is 14.7 Å². The van der Waals surface area contributed by atoms with Crippen LogP contribution in [0.5, 0.6) is 0 Å². The zero-order valence-corrected chi connectivity index (χ0v) is 18.9. The van der Waals surface area contributed by atoms with Gasteiger partial charge in [-0.3, -0.25) is 14.3 Å². The summed E-state index contributed by atoms with van der Waals surface area (Å²) in [7, 11) is 1.75. The van der Waals surface area contributed by atoms with Gasteiger partial charge in [-0.1, -0.05) is 24.3 Å². The summed E-state index contributed by atoms with van der Waals surface area (Å²) in [6.45, 7) is 2.11. The number of aryl methyl sites for hydroxylation is 1. The van der Waals surface area contributed by atoms with Crippen molar-refractivity contribution in [3.05, 3.63) is 83.9 Å². The summed E-state index contributed by atoms with van der Waals surface area (Å²) in [4.78, 5) is 28.0. The Balaban J connectivity index is 1.33. The average Bonchev–Trinajstić information content (AvgIpc) is 3.44. The van der Waals surface area contributed by atoms with E-state index in [0.717, 1.165) is 17.4 Å². The lowest BCUT2D eigenvalue weighted by atomic mass is 9.97. The molecule has 0 bridgehead atoms. The van der Waals surface area contributed by atoms with Crippen LogP contribution in [0.2, 0.25) is 0 Å².